The Kier molecular flexibility index (Phi) is 4.21. The zero-order valence-electron chi connectivity index (χ0n) is 12.8. The van der Waals surface area contributed by atoms with Crippen molar-refractivity contribution in [1.29, 1.82) is 0 Å². The minimum atomic E-state index is 0.190. The molecule has 7 nitrogen and oxygen atoms in total. The monoisotopic (exact) mass is 293 g/mol. The Balaban J connectivity index is 1.56. The molecule has 2 aliphatic heterocycles. The lowest BCUT2D eigenvalue weighted by atomic mass is 10.2. The highest BCUT2D eigenvalue weighted by Gasteiger charge is 2.26. The Morgan fingerprint density at radius 2 is 2.19 bits per heavy atom. The van der Waals surface area contributed by atoms with Crippen LogP contribution in [0.5, 0.6) is 0 Å². The van der Waals surface area contributed by atoms with Crippen LogP contribution in [0.25, 0.3) is 0 Å². The Morgan fingerprint density at radius 1 is 1.33 bits per heavy atom. The molecule has 116 valence electrons. The van der Waals surface area contributed by atoms with Crippen molar-refractivity contribution in [3.05, 3.63) is 11.6 Å². The SMILES string of the molecule is CC[C@H]1CN(C(=O)CN2CCn3c(C)nnc3C2)CCO1. The first-order valence-electron chi connectivity index (χ1n) is 7.67. The molecule has 1 atom stereocenters. The molecule has 1 fully saturated rings. The van der Waals surface area contributed by atoms with Gasteiger partial charge in [0.25, 0.3) is 0 Å². The van der Waals surface area contributed by atoms with Gasteiger partial charge >= 0.3 is 0 Å². The molecule has 0 unspecified atom stereocenters. The minimum Gasteiger partial charge on any atom is -0.375 e. The van der Waals surface area contributed by atoms with Crippen LogP contribution < -0.4 is 0 Å². The molecule has 0 N–H and O–H groups in total. The summed E-state index contributed by atoms with van der Waals surface area (Å²) in [5.41, 5.74) is 0. The number of carbonyl (C=O) groups excluding carboxylic acids is 1. The van der Waals surface area contributed by atoms with E-state index in [0.29, 0.717) is 26.2 Å². The number of carbonyl (C=O) groups is 1. The highest BCUT2D eigenvalue weighted by Crippen LogP contribution is 2.13. The van der Waals surface area contributed by atoms with Crippen molar-refractivity contribution in [1.82, 2.24) is 24.6 Å². The van der Waals surface area contributed by atoms with E-state index in [0.717, 1.165) is 37.7 Å². The first-order valence-corrected chi connectivity index (χ1v) is 7.67. The molecule has 21 heavy (non-hydrogen) atoms. The largest absolute Gasteiger partial charge is 0.375 e. The molecule has 2 aliphatic rings. The molecule has 0 radical (unpaired) electrons. The van der Waals surface area contributed by atoms with Crippen molar-refractivity contribution < 1.29 is 9.53 Å². The van der Waals surface area contributed by atoms with Gasteiger partial charge in [0.15, 0.2) is 0 Å². The van der Waals surface area contributed by atoms with Crippen LogP contribution in [0, 0.1) is 6.92 Å². The number of rotatable bonds is 3. The number of morpholine rings is 1. The molecule has 0 aliphatic carbocycles. The number of aromatic nitrogens is 3. The third-order valence-corrected chi connectivity index (χ3v) is 4.32. The van der Waals surface area contributed by atoms with Gasteiger partial charge in [-0.15, -0.1) is 10.2 Å². The van der Waals surface area contributed by atoms with Crippen molar-refractivity contribution in [2.24, 2.45) is 0 Å². The van der Waals surface area contributed by atoms with E-state index < -0.39 is 0 Å². The summed E-state index contributed by atoms with van der Waals surface area (Å²) in [4.78, 5) is 16.5. The average Bonchev–Trinajstić information content (AvgIpc) is 2.88. The third kappa shape index (κ3) is 3.08. The van der Waals surface area contributed by atoms with Gasteiger partial charge in [0.1, 0.15) is 11.6 Å². The number of hydrogen-bond donors (Lipinski definition) is 0. The van der Waals surface area contributed by atoms with Crippen molar-refractivity contribution in [3.8, 4) is 0 Å². The van der Waals surface area contributed by atoms with Gasteiger partial charge in [-0.25, -0.2) is 0 Å². The van der Waals surface area contributed by atoms with E-state index in [1.807, 2.05) is 11.8 Å². The summed E-state index contributed by atoms with van der Waals surface area (Å²) in [6.45, 7) is 9.04. The molecule has 1 aromatic heterocycles. The van der Waals surface area contributed by atoms with Gasteiger partial charge in [-0.1, -0.05) is 6.92 Å². The van der Waals surface area contributed by atoms with Gasteiger partial charge in [-0.2, -0.15) is 0 Å². The second-order valence-electron chi connectivity index (χ2n) is 5.77. The van der Waals surface area contributed by atoms with Gasteiger partial charge in [-0.3, -0.25) is 9.69 Å². The zero-order valence-corrected chi connectivity index (χ0v) is 12.8. The number of hydrogen-bond acceptors (Lipinski definition) is 5. The third-order valence-electron chi connectivity index (χ3n) is 4.32. The van der Waals surface area contributed by atoms with Gasteiger partial charge in [0, 0.05) is 26.2 Å². The summed E-state index contributed by atoms with van der Waals surface area (Å²) in [5.74, 6) is 2.11. The Hall–Kier alpha value is -1.47. The number of nitrogens with zero attached hydrogens (tertiary/aromatic N) is 5. The average molecular weight is 293 g/mol. The van der Waals surface area contributed by atoms with Gasteiger partial charge in [-0.05, 0) is 13.3 Å². The predicted molar refractivity (Wildman–Crippen MR) is 76.6 cm³/mol. The molecular weight excluding hydrogens is 270 g/mol. The van der Waals surface area contributed by atoms with Crippen LogP contribution in [0.1, 0.15) is 25.0 Å². The lowest BCUT2D eigenvalue weighted by Gasteiger charge is -2.34. The topological polar surface area (TPSA) is 63.5 Å². The lowest BCUT2D eigenvalue weighted by molar-refractivity contribution is -0.140. The first-order chi connectivity index (χ1) is 10.2. The Labute approximate surface area is 124 Å². The molecule has 1 saturated heterocycles. The minimum absolute atomic E-state index is 0.190. The van der Waals surface area contributed by atoms with Crippen LogP contribution in [0.15, 0.2) is 0 Å². The fraction of sp³-hybridized carbons (Fsp3) is 0.786. The van der Waals surface area contributed by atoms with Crippen LogP contribution in [0.3, 0.4) is 0 Å². The molecule has 0 spiro atoms. The summed E-state index contributed by atoms with van der Waals surface area (Å²) in [5, 5.41) is 8.28. The van der Waals surface area contributed by atoms with E-state index in [-0.39, 0.29) is 12.0 Å². The van der Waals surface area contributed by atoms with E-state index in [9.17, 15) is 4.79 Å². The van der Waals surface area contributed by atoms with Gasteiger partial charge in [0.2, 0.25) is 5.91 Å². The molecular formula is C14H23N5O2. The Morgan fingerprint density at radius 3 is 3.00 bits per heavy atom. The van der Waals surface area contributed by atoms with Crippen molar-refractivity contribution in [2.45, 2.75) is 39.5 Å². The number of ether oxygens (including phenoxy) is 1. The lowest BCUT2D eigenvalue weighted by Crippen LogP contribution is -2.49. The summed E-state index contributed by atoms with van der Waals surface area (Å²) in [6.07, 6.45) is 1.14. The van der Waals surface area contributed by atoms with Crippen molar-refractivity contribution >= 4 is 5.91 Å². The van der Waals surface area contributed by atoms with E-state index in [1.165, 1.54) is 0 Å². The highest BCUT2D eigenvalue weighted by molar-refractivity contribution is 5.78. The summed E-state index contributed by atoms with van der Waals surface area (Å²) in [6, 6.07) is 0. The second-order valence-corrected chi connectivity index (χ2v) is 5.77. The van der Waals surface area contributed by atoms with E-state index >= 15 is 0 Å². The zero-order chi connectivity index (χ0) is 14.8. The second kappa shape index (κ2) is 6.11. The fourth-order valence-electron chi connectivity index (χ4n) is 2.97. The van der Waals surface area contributed by atoms with E-state index in [1.54, 1.807) is 0 Å². The standard InChI is InChI=1S/C14H23N5O2/c1-3-12-8-18(6-7-21-12)14(20)10-17-4-5-19-11(2)15-16-13(19)9-17/h12H,3-10H2,1-2H3/t12-/m0/s1. The van der Waals surface area contributed by atoms with Crippen LogP contribution in [-0.4, -0.2) is 69.4 Å². The first kappa shape index (κ1) is 14.5. The Bertz CT molecular complexity index is 515. The van der Waals surface area contributed by atoms with Gasteiger partial charge in [0.05, 0.1) is 25.8 Å². The van der Waals surface area contributed by atoms with Crippen LogP contribution in [-0.2, 0) is 22.6 Å². The summed E-state index contributed by atoms with van der Waals surface area (Å²) >= 11 is 0. The smallest absolute Gasteiger partial charge is 0.236 e. The number of amides is 1. The van der Waals surface area contributed by atoms with Crippen molar-refractivity contribution in [2.75, 3.05) is 32.8 Å². The maximum atomic E-state index is 12.4. The number of fused-ring (bicyclic) bond motifs is 1. The normalized spacial score (nSPS) is 23.1. The summed E-state index contributed by atoms with van der Waals surface area (Å²) in [7, 11) is 0. The highest BCUT2D eigenvalue weighted by atomic mass is 16.5. The van der Waals surface area contributed by atoms with E-state index in [2.05, 4.69) is 26.6 Å². The quantitative estimate of drug-likeness (QED) is 0.787. The van der Waals surface area contributed by atoms with Crippen molar-refractivity contribution in [3.63, 3.8) is 0 Å². The van der Waals surface area contributed by atoms with E-state index in [4.69, 9.17) is 4.74 Å². The van der Waals surface area contributed by atoms with Crippen LogP contribution >= 0.6 is 0 Å². The molecule has 0 aromatic carbocycles. The molecule has 0 bridgehead atoms. The molecule has 7 heteroatoms. The summed E-state index contributed by atoms with van der Waals surface area (Å²) < 4.78 is 7.75. The van der Waals surface area contributed by atoms with Gasteiger partial charge < -0.3 is 14.2 Å². The molecule has 1 amide bonds. The fourth-order valence-corrected chi connectivity index (χ4v) is 2.97. The molecule has 3 rings (SSSR count). The van der Waals surface area contributed by atoms with Crippen LogP contribution in [0.4, 0.5) is 0 Å². The number of aryl methyl sites for hydroxylation is 1. The maximum absolute atomic E-state index is 12.4. The molecule has 0 saturated carbocycles. The van der Waals surface area contributed by atoms with Crippen LogP contribution in [0.2, 0.25) is 0 Å². The maximum Gasteiger partial charge on any atom is 0.236 e. The molecule has 1 aromatic rings. The molecule has 3 heterocycles. The predicted octanol–water partition coefficient (Wildman–Crippen LogP) is 0.0395.